The molecule has 0 N–H and O–H groups in total. The quantitative estimate of drug-likeness (QED) is 0.754. The number of anilines is 1. The van der Waals surface area contributed by atoms with E-state index >= 15 is 0 Å². The average molecular weight is 250 g/mol. The molecule has 98 valence electrons. The van der Waals surface area contributed by atoms with Gasteiger partial charge in [0.1, 0.15) is 5.82 Å². The summed E-state index contributed by atoms with van der Waals surface area (Å²) in [6.07, 6.45) is 3.98. The maximum Gasteiger partial charge on any atom is 0.214 e. The molecule has 1 atom stereocenters. The van der Waals surface area contributed by atoms with Crippen LogP contribution in [-0.4, -0.2) is 31.3 Å². The Kier molecular flexibility index (Phi) is 3.46. The standard InChI is InChI=1S/C14H19FN2O/c15-13-5-2-6-14(16-13)17-7-8-18-10-12(9-17)11-3-1-4-11/h2,5-6,11-12H,1,3-4,7-10H2. The highest BCUT2D eigenvalue weighted by molar-refractivity contribution is 5.38. The lowest BCUT2D eigenvalue weighted by Crippen LogP contribution is -2.36. The van der Waals surface area contributed by atoms with Crippen molar-refractivity contribution < 1.29 is 9.13 Å². The smallest absolute Gasteiger partial charge is 0.214 e. The second-order valence-electron chi connectivity index (χ2n) is 5.29. The molecule has 2 fully saturated rings. The van der Waals surface area contributed by atoms with Crippen LogP contribution >= 0.6 is 0 Å². The van der Waals surface area contributed by atoms with Crippen molar-refractivity contribution in [3.05, 3.63) is 24.1 Å². The number of ether oxygens (including phenoxy) is 1. The summed E-state index contributed by atoms with van der Waals surface area (Å²) in [5.74, 6) is 1.70. The van der Waals surface area contributed by atoms with Crippen molar-refractivity contribution in [3.8, 4) is 0 Å². The summed E-state index contributed by atoms with van der Waals surface area (Å²) in [5, 5.41) is 0. The Morgan fingerprint density at radius 1 is 1.28 bits per heavy atom. The minimum absolute atomic E-state index is 0.405. The molecule has 0 bridgehead atoms. The molecule has 0 amide bonds. The maximum atomic E-state index is 13.2. The lowest BCUT2D eigenvalue weighted by molar-refractivity contribution is 0.0784. The first-order valence-corrected chi connectivity index (χ1v) is 6.78. The normalized spacial score (nSPS) is 25.6. The fourth-order valence-corrected chi connectivity index (χ4v) is 2.81. The molecule has 18 heavy (non-hydrogen) atoms. The van der Waals surface area contributed by atoms with E-state index in [-0.39, 0.29) is 0 Å². The van der Waals surface area contributed by atoms with Gasteiger partial charge in [-0.1, -0.05) is 25.3 Å². The number of aromatic nitrogens is 1. The molecule has 2 heterocycles. The van der Waals surface area contributed by atoms with Gasteiger partial charge >= 0.3 is 0 Å². The average Bonchev–Trinajstić information content (AvgIpc) is 2.53. The van der Waals surface area contributed by atoms with Gasteiger partial charge in [0.05, 0.1) is 13.2 Å². The molecular formula is C14H19FN2O. The molecule has 1 saturated heterocycles. The van der Waals surface area contributed by atoms with Crippen LogP contribution in [0.25, 0.3) is 0 Å². The van der Waals surface area contributed by atoms with Crippen molar-refractivity contribution in [1.29, 1.82) is 0 Å². The van der Waals surface area contributed by atoms with Crippen LogP contribution in [0.1, 0.15) is 19.3 Å². The molecule has 0 radical (unpaired) electrons. The minimum atomic E-state index is -0.405. The van der Waals surface area contributed by atoms with E-state index in [2.05, 4.69) is 9.88 Å². The zero-order chi connectivity index (χ0) is 12.4. The van der Waals surface area contributed by atoms with Gasteiger partial charge in [0.15, 0.2) is 0 Å². The number of halogens is 1. The van der Waals surface area contributed by atoms with Crippen LogP contribution in [0, 0.1) is 17.8 Å². The highest BCUT2D eigenvalue weighted by atomic mass is 19.1. The van der Waals surface area contributed by atoms with Crippen LogP contribution in [0.3, 0.4) is 0 Å². The van der Waals surface area contributed by atoms with Gasteiger partial charge in [0.2, 0.25) is 5.95 Å². The lowest BCUT2D eigenvalue weighted by atomic mass is 9.76. The van der Waals surface area contributed by atoms with Crippen molar-refractivity contribution >= 4 is 5.82 Å². The summed E-state index contributed by atoms with van der Waals surface area (Å²) in [6.45, 7) is 3.30. The van der Waals surface area contributed by atoms with E-state index in [4.69, 9.17) is 4.74 Å². The molecule has 1 unspecified atom stereocenters. The van der Waals surface area contributed by atoms with Gasteiger partial charge in [-0.3, -0.25) is 0 Å². The highest BCUT2D eigenvalue weighted by Crippen LogP contribution is 2.35. The second kappa shape index (κ2) is 5.22. The zero-order valence-electron chi connectivity index (χ0n) is 10.5. The van der Waals surface area contributed by atoms with Gasteiger partial charge < -0.3 is 9.64 Å². The van der Waals surface area contributed by atoms with Gasteiger partial charge in [-0.25, -0.2) is 4.98 Å². The molecule has 1 aromatic heterocycles. The number of pyridine rings is 1. The predicted molar refractivity (Wildman–Crippen MR) is 68.1 cm³/mol. The van der Waals surface area contributed by atoms with Gasteiger partial charge in [-0.2, -0.15) is 4.39 Å². The van der Waals surface area contributed by atoms with E-state index < -0.39 is 5.95 Å². The van der Waals surface area contributed by atoms with Crippen molar-refractivity contribution in [1.82, 2.24) is 4.98 Å². The second-order valence-corrected chi connectivity index (χ2v) is 5.29. The topological polar surface area (TPSA) is 25.4 Å². The van der Waals surface area contributed by atoms with Crippen molar-refractivity contribution in [2.75, 3.05) is 31.2 Å². The fourth-order valence-electron chi connectivity index (χ4n) is 2.81. The van der Waals surface area contributed by atoms with E-state index in [0.717, 1.165) is 31.4 Å². The summed E-state index contributed by atoms with van der Waals surface area (Å²) < 4.78 is 18.9. The Morgan fingerprint density at radius 3 is 2.89 bits per heavy atom. The van der Waals surface area contributed by atoms with Gasteiger partial charge in [-0.15, -0.1) is 0 Å². The van der Waals surface area contributed by atoms with Crippen molar-refractivity contribution in [2.45, 2.75) is 19.3 Å². The molecule has 2 aliphatic rings. The van der Waals surface area contributed by atoms with E-state index in [9.17, 15) is 4.39 Å². The first kappa shape index (κ1) is 11.9. The summed E-state index contributed by atoms with van der Waals surface area (Å²) in [5.41, 5.74) is 0. The third-order valence-electron chi connectivity index (χ3n) is 4.13. The third-order valence-corrected chi connectivity index (χ3v) is 4.13. The molecule has 3 nitrogen and oxygen atoms in total. The summed E-state index contributed by atoms with van der Waals surface area (Å²) >= 11 is 0. The Balaban J connectivity index is 1.73. The van der Waals surface area contributed by atoms with Crippen LogP contribution in [0.2, 0.25) is 0 Å². The van der Waals surface area contributed by atoms with Crippen molar-refractivity contribution in [2.24, 2.45) is 11.8 Å². The molecule has 0 aromatic carbocycles. The van der Waals surface area contributed by atoms with E-state index in [0.29, 0.717) is 12.5 Å². The maximum absolute atomic E-state index is 13.2. The van der Waals surface area contributed by atoms with Crippen LogP contribution in [0.5, 0.6) is 0 Å². The van der Waals surface area contributed by atoms with Gasteiger partial charge in [0.25, 0.3) is 0 Å². The molecule has 1 aliphatic carbocycles. The van der Waals surface area contributed by atoms with Crippen LogP contribution in [0.15, 0.2) is 18.2 Å². The van der Waals surface area contributed by atoms with E-state index in [1.807, 2.05) is 6.07 Å². The van der Waals surface area contributed by atoms with Crippen LogP contribution in [-0.2, 0) is 4.74 Å². The third kappa shape index (κ3) is 2.48. The number of hydrogen-bond acceptors (Lipinski definition) is 3. The Labute approximate surface area is 107 Å². The van der Waals surface area contributed by atoms with Crippen molar-refractivity contribution in [3.63, 3.8) is 0 Å². The Bertz CT molecular complexity index is 409. The number of nitrogens with zero attached hydrogens (tertiary/aromatic N) is 2. The van der Waals surface area contributed by atoms with Crippen LogP contribution < -0.4 is 4.90 Å². The lowest BCUT2D eigenvalue weighted by Gasteiger charge is -2.35. The van der Waals surface area contributed by atoms with Crippen LogP contribution in [0.4, 0.5) is 10.2 Å². The molecule has 0 spiro atoms. The molecule has 1 saturated carbocycles. The minimum Gasteiger partial charge on any atom is -0.379 e. The molecule has 4 heteroatoms. The number of rotatable bonds is 2. The summed E-state index contributed by atoms with van der Waals surface area (Å²) in [7, 11) is 0. The largest absolute Gasteiger partial charge is 0.379 e. The first-order valence-electron chi connectivity index (χ1n) is 6.78. The highest BCUT2D eigenvalue weighted by Gasteiger charge is 2.30. The molecule has 1 aromatic rings. The van der Waals surface area contributed by atoms with Gasteiger partial charge in [0, 0.05) is 19.0 Å². The Hall–Kier alpha value is -1.16. The summed E-state index contributed by atoms with van der Waals surface area (Å²) in [6, 6.07) is 5.00. The zero-order valence-corrected chi connectivity index (χ0v) is 10.5. The predicted octanol–water partition coefficient (Wildman–Crippen LogP) is 2.47. The van der Waals surface area contributed by atoms with E-state index in [1.165, 1.54) is 25.3 Å². The molecule has 3 rings (SSSR count). The molecular weight excluding hydrogens is 231 g/mol. The summed E-state index contributed by atoms with van der Waals surface area (Å²) in [4.78, 5) is 6.15. The Morgan fingerprint density at radius 2 is 2.17 bits per heavy atom. The SMILES string of the molecule is Fc1cccc(N2CCOCC(C3CCC3)C2)n1. The number of hydrogen-bond donors (Lipinski definition) is 0. The fraction of sp³-hybridized carbons (Fsp3) is 0.643. The van der Waals surface area contributed by atoms with E-state index in [1.54, 1.807) is 6.07 Å². The van der Waals surface area contributed by atoms with Gasteiger partial charge in [-0.05, 0) is 18.1 Å². The molecule has 1 aliphatic heterocycles. The first-order chi connectivity index (χ1) is 8.83. The monoisotopic (exact) mass is 250 g/mol.